The number of benzene rings is 2. The molecule has 3 nitrogen and oxygen atoms in total. The van der Waals surface area contributed by atoms with Gasteiger partial charge in [-0.3, -0.25) is 0 Å². The van der Waals surface area contributed by atoms with Gasteiger partial charge in [-0.05, 0) is 66.0 Å². The SMILES string of the molecule is Cc1ccc(-c2ccc3cc(NCC4CC4)ncc3c2)c(C#N)c1. The molecule has 0 spiro atoms. The number of pyridine rings is 1. The molecule has 1 N–H and O–H groups in total. The van der Waals surface area contributed by atoms with Crippen LogP contribution in [0.2, 0.25) is 0 Å². The average molecular weight is 313 g/mol. The molecule has 1 aliphatic rings. The highest BCUT2D eigenvalue weighted by atomic mass is 15.0. The summed E-state index contributed by atoms with van der Waals surface area (Å²) in [6.45, 7) is 3.02. The fraction of sp³-hybridized carbons (Fsp3) is 0.238. The number of aromatic nitrogens is 1. The molecule has 1 aromatic heterocycles. The first kappa shape index (κ1) is 14.7. The molecule has 2 aromatic carbocycles. The van der Waals surface area contributed by atoms with Crippen LogP contribution in [0.15, 0.2) is 48.7 Å². The molecule has 3 heteroatoms. The van der Waals surface area contributed by atoms with E-state index in [1.54, 1.807) is 0 Å². The second kappa shape index (κ2) is 5.98. The number of nitriles is 1. The summed E-state index contributed by atoms with van der Waals surface area (Å²) in [5, 5.41) is 15.1. The van der Waals surface area contributed by atoms with Gasteiger partial charge in [-0.25, -0.2) is 4.98 Å². The molecule has 118 valence electrons. The van der Waals surface area contributed by atoms with Crippen molar-refractivity contribution in [2.24, 2.45) is 5.92 Å². The minimum absolute atomic E-state index is 0.713. The lowest BCUT2D eigenvalue weighted by atomic mass is 9.97. The van der Waals surface area contributed by atoms with Crippen molar-refractivity contribution in [1.82, 2.24) is 4.98 Å². The number of nitrogens with one attached hydrogen (secondary N) is 1. The van der Waals surface area contributed by atoms with Crippen molar-refractivity contribution in [2.45, 2.75) is 19.8 Å². The molecule has 1 heterocycles. The van der Waals surface area contributed by atoms with Gasteiger partial charge in [-0.2, -0.15) is 5.26 Å². The molecule has 0 bridgehead atoms. The summed E-state index contributed by atoms with van der Waals surface area (Å²) in [6.07, 6.45) is 4.58. The molecular weight excluding hydrogens is 294 g/mol. The van der Waals surface area contributed by atoms with Gasteiger partial charge in [0.1, 0.15) is 5.82 Å². The highest BCUT2D eigenvalue weighted by Gasteiger charge is 2.20. The summed E-state index contributed by atoms with van der Waals surface area (Å²) in [7, 11) is 0. The average Bonchev–Trinajstić information content (AvgIpc) is 3.43. The van der Waals surface area contributed by atoms with E-state index < -0.39 is 0 Å². The van der Waals surface area contributed by atoms with Crippen molar-refractivity contribution in [3.63, 3.8) is 0 Å². The third-order valence-electron chi connectivity index (χ3n) is 4.60. The zero-order valence-electron chi connectivity index (χ0n) is 13.7. The zero-order valence-corrected chi connectivity index (χ0v) is 13.7. The Bertz CT molecular complexity index is 949. The van der Waals surface area contributed by atoms with Crippen LogP contribution in [-0.4, -0.2) is 11.5 Å². The van der Waals surface area contributed by atoms with Gasteiger partial charge < -0.3 is 5.32 Å². The van der Waals surface area contributed by atoms with E-state index in [1.807, 2.05) is 31.3 Å². The lowest BCUT2D eigenvalue weighted by Crippen LogP contribution is -2.04. The normalized spacial score (nSPS) is 13.7. The second-order valence-electron chi connectivity index (χ2n) is 6.62. The predicted octanol–water partition coefficient (Wildman–Crippen LogP) is 4.90. The third-order valence-corrected chi connectivity index (χ3v) is 4.60. The van der Waals surface area contributed by atoms with E-state index in [-0.39, 0.29) is 0 Å². The Kier molecular flexibility index (Phi) is 3.66. The van der Waals surface area contributed by atoms with E-state index in [0.29, 0.717) is 5.56 Å². The van der Waals surface area contributed by atoms with Crippen molar-refractivity contribution < 1.29 is 0 Å². The second-order valence-corrected chi connectivity index (χ2v) is 6.62. The molecule has 24 heavy (non-hydrogen) atoms. The van der Waals surface area contributed by atoms with Crippen molar-refractivity contribution in [3.05, 3.63) is 59.8 Å². The highest BCUT2D eigenvalue weighted by molar-refractivity contribution is 5.89. The molecule has 1 saturated carbocycles. The molecule has 4 rings (SSSR count). The highest BCUT2D eigenvalue weighted by Crippen LogP contribution is 2.30. The lowest BCUT2D eigenvalue weighted by Gasteiger charge is -2.09. The summed E-state index contributed by atoms with van der Waals surface area (Å²) in [5.74, 6) is 1.77. The maximum absolute atomic E-state index is 9.39. The van der Waals surface area contributed by atoms with Crippen LogP contribution in [0.4, 0.5) is 5.82 Å². The number of fused-ring (bicyclic) bond motifs is 1. The van der Waals surface area contributed by atoms with Gasteiger partial charge in [0.2, 0.25) is 0 Å². The van der Waals surface area contributed by atoms with Crippen molar-refractivity contribution in [1.29, 1.82) is 5.26 Å². The minimum Gasteiger partial charge on any atom is -0.370 e. The van der Waals surface area contributed by atoms with Crippen molar-refractivity contribution in [3.8, 4) is 17.2 Å². The molecule has 0 radical (unpaired) electrons. The maximum Gasteiger partial charge on any atom is 0.126 e. The van der Waals surface area contributed by atoms with Crippen LogP contribution >= 0.6 is 0 Å². The summed E-state index contributed by atoms with van der Waals surface area (Å²) in [6, 6.07) is 16.7. The van der Waals surface area contributed by atoms with Crippen LogP contribution in [0.5, 0.6) is 0 Å². The Morgan fingerprint density at radius 1 is 1.12 bits per heavy atom. The van der Waals surface area contributed by atoms with Gasteiger partial charge >= 0.3 is 0 Å². The zero-order chi connectivity index (χ0) is 16.5. The van der Waals surface area contributed by atoms with Crippen molar-refractivity contribution in [2.75, 3.05) is 11.9 Å². The first-order valence-electron chi connectivity index (χ1n) is 8.38. The molecule has 0 aliphatic heterocycles. The third kappa shape index (κ3) is 2.96. The van der Waals surface area contributed by atoms with Gasteiger partial charge in [-0.15, -0.1) is 0 Å². The fourth-order valence-corrected chi connectivity index (χ4v) is 2.98. The fourth-order valence-electron chi connectivity index (χ4n) is 2.98. The number of rotatable bonds is 4. The Hall–Kier alpha value is -2.86. The number of nitrogens with zero attached hydrogens (tertiary/aromatic N) is 2. The van der Waals surface area contributed by atoms with Gasteiger partial charge in [0.15, 0.2) is 0 Å². The molecule has 0 atom stereocenters. The number of hydrogen-bond acceptors (Lipinski definition) is 3. The van der Waals surface area contributed by atoms with Gasteiger partial charge in [-0.1, -0.05) is 24.3 Å². The number of hydrogen-bond donors (Lipinski definition) is 1. The Labute approximate surface area is 142 Å². The predicted molar refractivity (Wildman–Crippen MR) is 97.8 cm³/mol. The molecular formula is C21H19N3. The first-order valence-corrected chi connectivity index (χ1v) is 8.38. The van der Waals surface area contributed by atoms with Gasteiger partial charge in [0.25, 0.3) is 0 Å². The van der Waals surface area contributed by atoms with Gasteiger partial charge in [0, 0.05) is 18.1 Å². The largest absolute Gasteiger partial charge is 0.370 e. The Morgan fingerprint density at radius 3 is 2.79 bits per heavy atom. The summed E-state index contributed by atoms with van der Waals surface area (Å²) in [4.78, 5) is 4.52. The van der Waals surface area contributed by atoms with E-state index in [0.717, 1.165) is 45.7 Å². The molecule has 0 saturated heterocycles. The van der Waals surface area contributed by atoms with Crippen LogP contribution < -0.4 is 5.32 Å². The van der Waals surface area contributed by atoms with Crippen LogP contribution in [-0.2, 0) is 0 Å². The summed E-state index contributed by atoms with van der Waals surface area (Å²) >= 11 is 0. The van der Waals surface area contributed by atoms with Crippen molar-refractivity contribution >= 4 is 16.6 Å². The molecule has 1 fully saturated rings. The minimum atomic E-state index is 0.713. The van der Waals surface area contributed by atoms with Gasteiger partial charge in [0.05, 0.1) is 11.6 Å². The van der Waals surface area contributed by atoms with E-state index in [9.17, 15) is 5.26 Å². The molecule has 3 aromatic rings. The smallest absolute Gasteiger partial charge is 0.126 e. The monoisotopic (exact) mass is 313 g/mol. The first-order chi connectivity index (χ1) is 11.7. The number of anilines is 1. The standard InChI is InChI=1S/C21H19N3/c1-14-2-7-20(18(8-14)11-22)17-6-5-16-10-21(23-12-15-3-4-15)24-13-19(16)9-17/h2,5-10,13,15H,3-4,12H2,1H3,(H,23,24). The Balaban J connectivity index is 1.68. The maximum atomic E-state index is 9.39. The van der Waals surface area contributed by atoms with Crippen LogP contribution in [0.25, 0.3) is 21.9 Å². The van der Waals surface area contributed by atoms with E-state index in [2.05, 4.69) is 40.6 Å². The number of aryl methyl sites for hydroxylation is 1. The summed E-state index contributed by atoms with van der Waals surface area (Å²) in [5.41, 5.74) is 3.84. The van der Waals surface area contributed by atoms with Crippen LogP contribution in [0.3, 0.4) is 0 Å². The van der Waals surface area contributed by atoms with Crippen LogP contribution in [0.1, 0.15) is 24.0 Å². The molecule has 0 amide bonds. The van der Waals surface area contributed by atoms with E-state index >= 15 is 0 Å². The quantitative estimate of drug-likeness (QED) is 0.745. The lowest BCUT2D eigenvalue weighted by molar-refractivity contribution is 0.883. The molecule has 0 unspecified atom stereocenters. The van der Waals surface area contributed by atoms with Crippen LogP contribution in [0, 0.1) is 24.2 Å². The van der Waals surface area contributed by atoms with E-state index in [1.165, 1.54) is 12.8 Å². The molecule has 1 aliphatic carbocycles. The summed E-state index contributed by atoms with van der Waals surface area (Å²) < 4.78 is 0. The Morgan fingerprint density at radius 2 is 2.00 bits per heavy atom. The van der Waals surface area contributed by atoms with E-state index in [4.69, 9.17) is 0 Å². The topological polar surface area (TPSA) is 48.7 Å².